The van der Waals surface area contributed by atoms with E-state index >= 15 is 0 Å². The number of rotatable bonds is 7. The maximum atomic E-state index is 13.1. The zero-order chi connectivity index (χ0) is 20.8. The summed E-state index contributed by atoms with van der Waals surface area (Å²) in [5.74, 6) is 2.71. The predicted octanol–water partition coefficient (Wildman–Crippen LogP) is 3.97. The second-order valence-corrected chi connectivity index (χ2v) is 9.64. The highest BCUT2D eigenvalue weighted by Crippen LogP contribution is 2.34. The van der Waals surface area contributed by atoms with Crippen molar-refractivity contribution >= 4 is 33.6 Å². The van der Waals surface area contributed by atoms with Gasteiger partial charge in [-0.2, -0.15) is 11.8 Å². The van der Waals surface area contributed by atoms with E-state index in [9.17, 15) is 4.79 Å². The van der Waals surface area contributed by atoms with E-state index in [1.54, 1.807) is 0 Å². The van der Waals surface area contributed by atoms with Crippen LogP contribution in [-0.4, -0.2) is 60.7 Å². The van der Waals surface area contributed by atoms with Crippen LogP contribution in [0, 0.1) is 0 Å². The van der Waals surface area contributed by atoms with E-state index in [-0.39, 0.29) is 11.4 Å². The van der Waals surface area contributed by atoms with Gasteiger partial charge in [0.25, 0.3) is 5.91 Å². The number of para-hydroxylation sites is 1. The first-order valence-electron chi connectivity index (χ1n) is 10.3. The number of benzene rings is 2. The third-order valence-corrected chi connectivity index (χ3v) is 7.82. The molecule has 2 aliphatic rings. The van der Waals surface area contributed by atoms with Gasteiger partial charge in [-0.15, -0.1) is 0 Å². The van der Waals surface area contributed by atoms with Gasteiger partial charge in [-0.05, 0) is 30.4 Å². The zero-order valence-electron chi connectivity index (χ0n) is 16.9. The number of thioether (sulfide) groups is 1. The summed E-state index contributed by atoms with van der Waals surface area (Å²) in [6.07, 6.45) is 1.10. The molecule has 0 bridgehead atoms. The Bertz CT molecular complexity index is 867. The van der Waals surface area contributed by atoms with Gasteiger partial charge in [0.15, 0.2) is 0 Å². The lowest BCUT2D eigenvalue weighted by Gasteiger charge is -2.43. The van der Waals surface area contributed by atoms with Crippen molar-refractivity contribution in [3.8, 4) is 5.75 Å². The molecule has 2 aromatic carbocycles. The number of hydrogen-bond donors (Lipinski definition) is 1. The van der Waals surface area contributed by atoms with Crippen molar-refractivity contribution in [3.05, 3.63) is 64.1 Å². The summed E-state index contributed by atoms with van der Waals surface area (Å²) >= 11 is 5.52. The van der Waals surface area contributed by atoms with E-state index < -0.39 is 0 Å². The van der Waals surface area contributed by atoms with E-state index in [1.807, 2.05) is 60.3 Å². The Morgan fingerprint density at radius 3 is 2.70 bits per heavy atom. The van der Waals surface area contributed by atoms with E-state index in [0.717, 1.165) is 54.3 Å². The molecule has 0 aliphatic carbocycles. The average Bonchev–Trinajstić information content (AvgIpc) is 3.28. The van der Waals surface area contributed by atoms with Crippen LogP contribution in [-0.2, 0) is 11.3 Å². The van der Waals surface area contributed by atoms with Crippen LogP contribution in [0.25, 0.3) is 0 Å². The molecule has 160 valence electrons. The summed E-state index contributed by atoms with van der Waals surface area (Å²) in [4.78, 5) is 15.6. The molecule has 2 aliphatic heterocycles. The SMILES string of the molecule is O=C(NCC1(N2CCOCC2)CCSC1)c1ccccc1OCc1ccccc1Br. The van der Waals surface area contributed by atoms with Gasteiger partial charge < -0.3 is 14.8 Å². The molecule has 0 saturated carbocycles. The average molecular weight is 491 g/mol. The second kappa shape index (κ2) is 10.2. The van der Waals surface area contributed by atoms with E-state index in [1.165, 1.54) is 0 Å². The molecule has 2 fully saturated rings. The normalized spacial score (nSPS) is 22.0. The van der Waals surface area contributed by atoms with Crippen LogP contribution in [0.3, 0.4) is 0 Å². The molecule has 2 saturated heterocycles. The lowest BCUT2D eigenvalue weighted by Crippen LogP contribution is -2.59. The Kier molecular flexibility index (Phi) is 7.36. The third kappa shape index (κ3) is 5.02. The summed E-state index contributed by atoms with van der Waals surface area (Å²) in [5.41, 5.74) is 1.64. The maximum Gasteiger partial charge on any atom is 0.255 e. The molecule has 1 amide bonds. The number of nitrogens with zero attached hydrogens (tertiary/aromatic N) is 1. The summed E-state index contributed by atoms with van der Waals surface area (Å²) in [7, 11) is 0. The topological polar surface area (TPSA) is 50.8 Å². The lowest BCUT2D eigenvalue weighted by atomic mass is 9.95. The van der Waals surface area contributed by atoms with Crippen molar-refractivity contribution < 1.29 is 14.3 Å². The minimum Gasteiger partial charge on any atom is -0.488 e. The van der Waals surface area contributed by atoms with Crippen LogP contribution in [0.2, 0.25) is 0 Å². The number of carbonyl (C=O) groups excluding carboxylic acids is 1. The molecule has 4 rings (SSSR count). The quantitative estimate of drug-likeness (QED) is 0.636. The highest BCUT2D eigenvalue weighted by atomic mass is 79.9. The number of ether oxygens (including phenoxy) is 2. The van der Waals surface area contributed by atoms with Gasteiger partial charge in [-0.1, -0.05) is 46.3 Å². The number of carbonyl (C=O) groups is 1. The minimum atomic E-state index is -0.0812. The smallest absolute Gasteiger partial charge is 0.255 e. The number of amides is 1. The van der Waals surface area contributed by atoms with Gasteiger partial charge in [-0.25, -0.2) is 0 Å². The third-order valence-electron chi connectivity index (χ3n) is 5.82. The molecule has 30 heavy (non-hydrogen) atoms. The van der Waals surface area contributed by atoms with Crippen LogP contribution >= 0.6 is 27.7 Å². The monoisotopic (exact) mass is 490 g/mol. The minimum absolute atomic E-state index is 0.0226. The van der Waals surface area contributed by atoms with Gasteiger partial charge in [0.1, 0.15) is 12.4 Å². The van der Waals surface area contributed by atoms with Crippen molar-refractivity contribution in [2.24, 2.45) is 0 Å². The number of nitrogens with one attached hydrogen (secondary N) is 1. The summed E-state index contributed by atoms with van der Waals surface area (Å²) in [6, 6.07) is 15.4. The van der Waals surface area contributed by atoms with Gasteiger partial charge in [0.05, 0.1) is 18.8 Å². The number of hydrogen-bond acceptors (Lipinski definition) is 5. The Balaban J connectivity index is 1.42. The molecule has 0 radical (unpaired) electrons. The summed E-state index contributed by atoms with van der Waals surface area (Å²) < 4.78 is 12.5. The van der Waals surface area contributed by atoms with Crippen molar-refractivity contribution in [2.45, 2.75) is 18.6 Å². The molecule has 2 aromatic rings. The Morgan fingerprint density at radius 1 is 1.17 bits per heavy atom. The van der Waals surface area contributed by atoms with Gasteiger partial charge in [0, 0.05) is 41.0 Å². The lowest BCUT2D eigenvalue weighted by molar-refractivity contribution is -0.0129. The first-order chi connectivity index (χ1) is 14.7. The van der Waals surface area contributed by atoms with Gasteiger partial charge in [-0.3, -0.25) is 9.69 Å². The standard InChI is InChI=1S/C23H27BrN2O3S/c24-20-7-3-1-5-18(20)15-29-21-8-4-2-6-19(21)22(27)25-16-23(9-14-30-17-23)26-10-12-28-13-11-26/h1-8H,9-17H2,(H,25,27). The van der Waals surface area contributed by atoms with Crippen LogP contribution < -0.4 is 10.1 Å². The van der Waals surface area contributed by atoms with Crippen LogP contribution in [0.15, 0.2) is 53.0 Å². The summed E-state index contributed by atoms with van der Waals surface area (Å²) in [6.45, 7) is 4.46. The maximum absolute atomic E-state index is 13.1. The Labute approximate surface area is 190 Å². The molecule has 5 nitrogen and oxygen atoms in total. The van der Waals surface area contributed by atoms with Crippen molar-refractivity contribution in [1.29, 1.82) is 0 Å². The van der Waals surface area contributed by atoms with Gasteiger partial charge >= 0.3 is 0 Å². The molecule has 1 unspecified atom stereocenters. The molecule has 0 spiro atoms. The second-order valence-electron chi connectivity index (χ2n) is 7.69. The highest BCUT2D eigenvalue weighted by Gasteiger charge is 2.41. The largest absolute Gasteiger partial charge is 0.488 e. The first kappa shape index (κ1) is 21.7. The fourth-order valence-electron chi connectivity index (χ4n) is 4.03. The molecule has 2 heterocycles. The van der Waals surface area contributed by atoms with Crippen LogP contribution in [0.5, 0.6) is 5.75 Å². The van der Waals surface area contributed by atoms with E-state index in [0.29, 0.717) is 24.5 Å². The zero-order valence-corrected chi connectivity index (χ0v) is 19.3. The molecule has 1 N–H and O–H groups in total. The van der Waals surface area contributed by atoms with Crippen LogP contribution in [0.1, 0.15) is 22.3 Å². The van der Waals surface area contributed by atoms with Crippen LogP contribution in [0.4, 0.5) is 0 Å². The van der Waals surface area contributed by atoms with Gasteiger partial charge in [0.2, 0.25) is 0 Å². The van der Waals surface area contributed by atoms with E-state index in [4.69, 9.17) is 9.47 Å². The molecule has 0 aromatic heterocycles. The Hall–Kier alpha value is -1.54. The number of halogens is 1. The molecule has 1 atom stereocenters. The summed E-state index contributed by atoms with van der Waals surface area (Å²) in [5, 5.41) is 3.20. The molecular formula is C23H27BrN2O3S. The predicted molar refractivity (Wildman–Crippen MR) is 124 cm³/mol. The highest BCUT2D eigenvalue weighted by molar-refractivity contribution is 9.10. The van der Waals surface area contributed by atoms with Crippen molar-refractivity contribution in [3.63, 3.8) is 0 Å². The fraction of sp³-hybridized carbons (Fsp3) is 0.435. The Morgan fingerprint density at radius 2 is 1.93 bits per heavy atom. The van der Waals surface area contributed by atoms with Crippen molar-refractivity contribution in [1.82, 2.24) is 10.2 Å². The molecule has 7 heteroatoms. The fourth-order valence-corrected chi connectivity index (χ4v) is 5.90. The number of morpholine rings is 1. The first-order valence-corrected chi connectivity index (χ1v) is 12.3. The van der Waals surface area contributed by atoms with E-state index in [2.05, 4.69) is 26.1 Å². The van der Waals surface area contributed by atoms with Crippen molar-refractivity contribution in [2.75, 3.05) is 44.4 Å². The molecular weight excluding hydrogens is 464 g/mol.